The third-order valence-electron chi connectivity index (χ3n) is 4.53. The monoisotopic (exact) mass is 388 g/mol. The minimum absolute atomic E-state index is 0.0812. The lowest BCUT2D eigenvalue weighted by molar-refractivity contribution is 0.0985. The number of aryl methyl sites for hydroxylation is 1. The molecule has 0 aliphatic heterocycles. The van der Waals surface area contributed by atoms with Gasteiger partial charge >= 0.3 is 0 Å². The first-order chi connectivity index (χ1) is 13.6. The zero-order valence-corrected chi connectivity index (χ0v) is 16.6. The van der Waals surface area contributed by atoms with Crippen LogP contribution in [0.25, 0.3) is 10.2 Å². The summed E-state index contributed by atoms with van der Waals surface area (Å²) in [7, 11) is 1.61. The Kier molecular flexibility index (Phi) is 5.08. The fraction of sp³-hybridized carbons (Fsp3) is 0.130. The number of anilines is 1. The molecule has 0 N–H and O–H groups in total. The third kappa shape index (κ3) is 3.75. The van der Waals surface area contributed by atoms with Crippen molar-refractivity contribution in [1.29, 1.82) is 0 Å². The topological polar surface area (TPSA) is 42.4 Å². The van der Waals surface area contributed by atoms with Crippen LogP contribution in [0.4, 0.5) is 5.13 Å². The largest absolute Gasteiger partial charge is 0.497 e. The van der Waals surface area contributed by atoms with E-state index in [-0.39, 0.29) is 5.91 Å². The van der Waals surface area contributed by atoms with Crippen LogP contribution in [-0.4, -0.2) is 18.0 Å². The van der Waals surface area contributed by atoms with Gasteiger partial charge in [-0.15, -0.1) is 0 Å². The van der Waals surface area contributed by atoms with Crippen molar-refractivity contribution in [2.24, 2.45) is 0 Å². The zero-order chi connectivity index (χ0) is 19.5. The summed E-state index contributed by atoms with van der Waals surface area (Å²) in [6.07, 6.45) is 0. The third-order valence-corrected chi connectivity index (χ3v) is 5.57. The maximum atomic E-state index is 13.3. The average molecular weight is 388 g/mol. The first-order valence-corrected chi connectivity index (χ1v) is 9.83. The highest BCUT2D eigenvalue weighted by molar-refractivity contribution is 7.22. The van der Waals surface area contributed by atoms with Gasteiger partial charge in [-0.25, -0.2) is 4.98 Å². The van der Waals surface area contributed by atoms with Gasteiger partial charge in [0.25, 0.3) is 5.91 Å². The predicted octanol–water partition coefficient (Wildman–Crippen LogP) is 5.46. The normalized spacial score (nSPS) is 10.8. The van der Waals surface area contributed by atoms with Crippen LogP contribution in [0.15, 0.2) is 72.8 Å². The van der Waals surface area contributed by atoms with Crippen LogP contribution in [0.5, 0.6) is 5.75 Å². The summed E-state index contributed by atoms with van der Waals surface area (Å²) in [5.41, 5.74) is 3.75. The summed E-state index contributed by atoms with van der Waals surface area (Å²) in [5.74, 6) is 0.643. The number of aromatic nitrogens is 1. The van der Waals surface area contributed by atoms with Crippen LogP contribution >= 0.6 is 11.3 Å². The van der Waals surface area contributed by atoms with Gasteiger partial charge < -0.3 is 4.74 Å². The van der Waals surface area contributed by atoms with Gasteiger partial charge in [0.2, 0.25) is 0 Å². The molecule has 3 aromatic carbocycles. The van der Waals surface area contributed by atoms with E-state index in [0.29, 0.717) is 17.2 Å². The minimum atomic E-state index is -0.0812. The smallest absolute Gasteiger partial charge is 0.260 e. The molecule has 0 radical (unpaired) electrons. The molecule has 140 valence electrons. The molecule has 0 aliphatic rings. The Morgan fingerprint density at radius 3 is 2.50 bits per heavy atom. The Morgan fingerprint density at radius 2 is 1.79 bits per heavy atom. The second kappa shape index (κ2) is 7.82. The van der Waals surface area contributed by atoms with Crippen LogP contribution in [0, 0.1) is 6.92 Å². The number of amides is 1. The molecule has 0 aliphatic carbocycles. The van der Waals surface area contributed by atoms with Crippen molar-refractivity contribution < 1.29 is 9.53 Å². The molecular formula is C23H20N2O2S. The number of hydrogen-bond acceptors (Lipinski definition) is 4. The van der Waals surface area contributed by atoms with Crippen LogP contribution in [-0.2, 0) is 6.54 Å². The van der Waals surface area contributed by atoms with Gasteiger partial charge in [0.05, 0.1) is 23.9 Å². The van der Waals surface area contributed by atoms with Gasteiger partial charge in [-0.1, -0.05) is 47.7 Å². The number of thiazole rings is 1. The SMILES string of the molecule is COc1ccc(C(=O)N(Cc2ccccc2)c2nc3ccc(C)cc3s2)cc1. The van der Waals surface area contributed by atoms with E-state index in [4.69, 9.17) is 9.72 Å². The molecular weight excluding hydrogens is 368 g/mol. The van der Waals surface area contributed by atoms with E-state index in [1.807, 2.05) is 42.5 Å². The second-order valence-corrected chi connectivity index (χ2v) is 7.58. The molecule has 0 unspecified atom stereocenters. The maximum absolute atomic E-state index is 13.3. The molecule has 0 saturated heterocycles. The Morgan fingerprint density at radius 1 is 1.04 bits per heavy atom. The molecule has 0 spiro atoms. The molecule has 4 nitrogen and oxygen atoms in total. The van der Waals surface area contributed by atoms with Crippen molar-refractivity contribution in [2.45, 2.75) is 13.5 Å². The molecule has 0 fully saturated rings. The molecule has 0 bridgehead atoms. The highest BCUT2D eigenvalue weighted by atomic mass is 32.1. The van der Waals surface area contributed by atoms with E-state index in [9.17, 15) is 4.79 Å². The number of rotatable bonds is 5. The van der Waals surface area contributed by atoms with E-state index >= 15 is 0 Å². The van der Waals surface area contributed by atoms with Gasteiger partial charge in [-0.3, -0.25) is 9.69 Å². The fourth-order valence-corrected chi connectivity index (χ4v) is 4.08. The lowest BCUT2D eigenvalue weighted by Gasteiger charge is -2.20. The van der Waals surface area contributed by atoms with Crippen molar-refractivity contribution in [3.63, 3.8) is 0 Å². The van der Waals surface area contributed by atoms with Crippen LogP contribution < -0.4 is 9.64 Å². The van der Waals surface area contributed by atoms with E-state index in [1.54, 1.807) is 36.3 Å². The maximum Gasteiger partial charge on any atom is 0.260 e. The van der Waals surface area contributed by atoms with E-state index in [1.165, 1.54) is 16.9 Å². The fourth-order valence-electron chi connectivity index (χ4n) is 3.02. The van der Waals surface area contributed by atoms with E-state index < -0.39 is 0 Å². The summed E-state index contributed by atoms with van der Waals surface area (Å²) in [6, 6.07) is 23.3. The molecule has 1 heterocycles. The first-order valence-electron chi connectivity index (χ1n) is 9.01. The number of nitrogens with zero attached hydrogens (tertiary/aromatic N) is 2. The number of benzene rings is 3. The molecule has 28 heavy (non-hydrogen) atoms. The minimum Gasteiger partial charge on any atom is -0.497 e. The second-order valence-electron chi connectivity index (χ2n) is 6.57. The number of hydrogen-bond donors (Lipinski definition) is 0. The number of methoxy groups -OCH3 is 1. The Bertz CT molecular complexity index is 1100. The van der Waals surface area contributed by atoms with Gasteiger partial charge in [0.1, 0.15) is 5.75 Å². The van der Waals surface area contributed by atoms with Crippen molar-refractivity contribution in [3.05, 3.63) is 89.5 Å². The Hall–Kier alpha value is -3.18. The lowest BCUT2D eigenvalue weighted by atomic mass is 10.1. The predicted molar refractivity (Wildman–Crippen MR) is 114 cm³/mol. The van der Waals surface area contributed by atoms with E-state index in [0.717, 1.165) is 21.5 Å². The molecule has 0 atom stereocenters. The molecule has 4 aromatic rings. The van der Waals surface area contributed by atoms with Gasteiger partial charge in [-0.05, 0) is 54.4 Å². The number of carbonyl (C=O) groups excluding carboxylic acids is 1. The molecule has 5 heteroatoms. The highest BCUT2D eigenvalue weighted by Crippen LogP contribution is 2.31. The van der Waals surface area contributed by atoms with Crippen molar-refractivity contribution in [2.75, 3.05) is 12.0 Å². The van der Waals surface area contributed by atoms with Crippen LogP contribution in [0.3, 0.4) is 0 Å². The average Bonchev–Trinajstić information content (AvgIpc) is 3.15. The summed E-state index contributed by atoms with van der Waals surface area (Å²) in [5, 5.41) is 0.699. The lowest BCUT2D eigenvalue weighted by Crippen LogP contribution is -2.30. The standard InChI is InChI=1S/C23H20N2O2S/c1-16-8-13-20-21(14-16)28-23(24-20)25(15-17-6-4-3-5-7-17)22(26)18-9-11-19(27-2)12-10-18/h3-14H,15H2,1-2H3. The van der Waals surface area contributed by atoms with Crippen molar-refractivity contribution >= 4 is 32.6 Å². The summed E-state index contributed by atoms with van der Waals surface area (Å²) in [6.45, 7) is 2.52. The Labute approximate surface area is 168 Å². The first kappa shape index (κ1) is 18.2. The number of carbonyl (C=O) groups is 1. The Balaban J connectivity index is 1.74. The van der Waals surface area contributed by atoms with Crippen molar-refractivity contribution in [3.8, 4) is 5.75 Å². The van der Waals surface area contributed by atoms with E-state index in [2.05, 4.69) is 13.0 Å². The molecule has 1 amide bonds. The van der Waals surface area contributed by atoms with Gasteiger partial charge in [-0.2, -0.15) is 0 Å². The van der Waals surface area contributed by atoms with Crippen LogP contribution in [0.2, 0.25) is 0 Å². The molecule has 4 rings (SSSR count). The quantitative estimate of drug-likeness (QED) is 0.456. The summed E-state index contributed by atoms with van der Waals surface area (Å²) in [4.78, 5) is 19.8. The molecule has 0 saturated carbocycles. The van der Waals surface area contributed by atoms with Crippen LogP contribution in [0.1, 0.15) is 21.5 Å². The van der Waals surface area contributed by atoms with Gasteiger partial charge in [0, 0.05) is 5.56 Å². The number of ether oxygens (including phenoxy) is 1. The summed E-state index contributed by atoms with van der Waals surface area (Å²) < 4.78 is 6.28. The van der Waals surface area contributed by atoms with Crippen molar-refractivity contribution in [1.82, 2.24) is 4.98 Å². The highest BCUT2D eigenvalue weighted by Gasteiger charge is 2.22. The summed E-state index contributed by atoms with van der Waals surface area (Å²) >= 11 is 1.54. The number of fused-ring (bicyclic) bond motifs is 1. The molecule has 1 aromatic heterocycles. The van der Waals surface area contributed by atoms with Gasteiger partial charge in [0.15, 0.2) is 5.13 Å². The zero-order valence-electron chi connectivity index (χ0n) is 15.8.